The van der Waals surface area contributed by atoms with E-state index in [1.807, 2.05) is 43.7 Å². The van der Waals surface area contributed by atoms with E-state index in [4.69, 9.17) is 21.2 Å². The Balaban J connectivity index is 2.18. The van der Waals surface area contributed by atoms with Crippen LogP contribution in [0.3, 0.4) is 0 Å². The van der Waals surface area contributed by atoms with Crippen LogP contribution in [-0.2, 0) is 16.1 Å². The van der Waals surface area contributed by atoms with Crippen LogP contribution in [0.2, 0.25) is 0 Å². The second-order valence-electron chi connectivity index (χ2n) is 8.58. The van der Waals surface area contributed by atoms with E-state index < -0.39 is 23.3 Å². The molecule has 3 rings (SSSR count). The van der Waals surface area contributed by atoms with Gasteiger partial charge in [0.15, 0.2) is 0 Å². The summed E-state index contributed by atoms with van der Waals surface area (Å²) in [5.74, 6) is -0.388. The van der Waals surface area contributed by atoms with Crippen LogP contribution in [0.5, 0.6) is 0 Å². The van der Waals surface area contributed by atoms with Crippen molar-refractivity contribution in [2.75, 3.05) is 12.8 Å². The molecule has 164 valence electrons. The van der Waals surface area contributed by atoms with Gasteiger partial charge >= 0.3 is 0 Å². The third-order valence-electron chi connectivity index (χ3n) is 5.14. The molecule has 0 saturated heterocycles. The van der Waals surface area contributed by atoms with Gasteiger partial charge in [0, 0.05) is 18.9 Å². The summed E-state index contributed by atoms with van der Waals surface area (Å²) in [6.07, 6.45) is 0.928. The van der Waals surface area contributed by atoms with Crippen LogP contribution in [0.15, 0.2) is 48.7 Å². The number of ether oxygens (including phenoxy) is 1. The fourth-order valence-corrected chi connectivity index (χ4v) is 3.75. The Hall–Kier alpha value is -3.26. The van der Waals surface area contributed by atoms with E-state index in [1.54, 1.807) is 18.2 Å². The number of aromatic nitrogens is 3. The molecular formula is C23H28FN5O2. The predicted octanol–water partition coefficient (Wildman–Crippen LogP) is 3.34. The van der Waals surface area contributed by atoms with Crippen LogP contribution in [0, 0.1) is 11.2 Å². The van der Waals surface area contributed by atoms with Gasteiger partial charge in [-0.3, -0.25) is 4.79 Å². The summed E-state index contributed by atoms with van der Waals surface area (Å²) in [7, 11) is 1.45. The first-order valence-corrected chi connectivity index (χ1v) is 9.96. The molecule has 1 aromatic carbocycles. The van der Waals surface area contributed by atoms with Crippen molar-refractivity contribution in [3.8, 4) is 11.3 Å². The van der Waals surface area contributed by atoms with E-state index in [9.17, 15) is 9.18 Å². The fraction of sp³-hybridized carbons (Fsp3) is 0.348. The van der Waals surface area contributed by atoms with Crippen LogP contribution >= 0.6 is 0 Å². The maximum absolute atomic E-state index is 13.8. The Morgan fingerprint density at radius 1 is 1.19 bits per heavy atom. The van der Waals surface area contributed by atoms with Crippen LogP contribution in [0.4, 0.5) is 10.2 Å². The molecule has 0 aliphatic carbocycles. The Morgan fingerprint density at radius 2 is 1.90 bits per heavy atom. The van der Waals surface area contributed by atoms with Crippen molar-refractivity contribution >= 4 is 11.7 Å². The van der Waals surface area contributed by atoms with Gasteiger partial charge in [0.25, 0.3) is 0 Å². The molecule has 0 spiro atoms. The van der Waals surface area contributed by atoms with Gasteiger partial charge in [-0.05, 0) is 29.7 Å². The maximum Gasteiger partial charge on any atom is 0.247 e. The van der Waals surface area contributed by atoms with Gasteiger partial charge in [-0.1, -0.05) is 39.0 Å². The van der Waals surface area contributed by atoms with Gasteiger partial charge in [-0.2, -0.15) is 0 Å². The topological polar surface area (TPSA) is 109 Å². The molecule has 1 amide bonds. The number of carbonyl (C=O) groups excluding carboxylic acids is 1. The smallest absolute Gasteiger partial charge is 0.247 e. The molecule has 0 aliphatic heterocycles. The molecule has 7 nitrogen and oxygen atoms in total. The average Bonchev–Trinajstić information content (AvgIpc) is 3.07. The summed E-state index contributed by atoms with van der Waals surface area (Å²) in [6.45, 7) is 6.34. The lowest BCUT2D eigenvalue weighted by Crippen LogP contribution is -2.42. The van der Waals surface area contributed by atoms with Gasteiger partial charge in [-0.15, -0.1) is 0 Å². The Kier molecular flexibility index (Phi) is 6.40. The second-order valence-corrected chi connectivity index (χ2v) is 8.58. The Morgan fingerprint density at radius 3 is 2.48 bits per heavy atom. The zero-order valence-corrected chi connectivity index (χ0v) is 18.2. The minimum atomic E-state index is -0.893. The van der Waals surface area contributed by atoms with Crippen molar-refractivity contribution < 1.29 is 13.9 Å². The number of halogens is 1. The number of anilines is 1. The van der Waals surface area contributed by atoms with Gasteiger partial charge in [-0.25, -0.2) is 14.4 Å². The lowest BCUT2D eigenvalue weighted by Gasteiger charge is -2.34. The molecule has 0 bridgehead atoms. The zero-order valence-electron chi connectivity index (χ0n) is 18.2. The monoisotopic (exact) mass is 425 g/mol. The average molecular weight is 426 g/mol. The van der Waals surface area contributed by atoms with E-state index in [1.165, 1.54) is 19.2 Å². The summed E-state index contributed by atoms with van der Waals surface area (Å²) in [4.78, 5) is 21.4. The summed E-state index contributed by atoms with van der Waals surface area (Å²) in [5.41, 5.74) is 13.0. The molecule has 2 aromatic heterocycles. The largest absolute Gasteiger partial charge is 0.384 e. The van der Waals surface area contributed by atoms with Crippen molar-refractivity contribution in [1.82, 2.24) is 14.5 Å². The molecule has 31 heavy (non-hydrogen) atoms. The molecule has 0 aliphatic rings. The molecule has 0 radical (unpaired) electrons. The fourth-order valence-electron chi connectivity index (χ4n) is 3.75. The van der Waals surface area contributed by atoms with E-state index in [-0.39, 0.29) is 5.82 Å². The molecule has 1 unspecified atom stereocenters. The number of benzene rings is 1. The van der Waals surface area contributed by atoms with Gasteiger partial charge in [0.1, 0.15) is 23.6 Å². The first kappa shape index (κ1) is 22.4. The highest BCUT2D eigenvalue weighted by Gasteiger charge is 2.40. The molecule has 2 atom stereocenters. The zero-order chi connectivity index (χ0) is 22.8. The van der Waals surface area contributed by atoms with Gasteiger partial charge in [0.2, 0.25) is 5.91 Å². The number of nitrogens with zero attached hydrogens (tertiary/aromatic N) is 3. The number of hydrogen-bond acceptors (Lipinski definition) is 5. The third kappa shape index (κ3) is 5.08. The third-order valence-corrected chi connectivity index (χ3v) is 5.14. The molecule has 4 N–H and O–H groups in total. The lowest BCUT2D eigenvalue weighted by molar-refractivity contribution is -0.131. The Bertz CT molecular complexity index is 1070. The number of nitrogen functional groups attached to an aromatic ring is 1. The number of imidazole rings is 1. The van der Waals surface area contributed by atoms with E-state index in [0.717, 1.165) is 5.69 Å². The van der Waals surface area contributed by atoms with E-state index in [2.05, 4.69) is 4.98 Å². The molecule has 2 heterocycles. The van der Waals surface area contributed by atoms with Gasteiger partial charge in [0.05, 0.1) is 23.9 Å². The number of carbonyl (C=O) groups is 1. The maximum atomic E-state index is 13.8. The molecule has 0 saturated carbocycles. The first-order chi connectivity index (χ1) is 14.6. The number of pyridine rings is 1. The highest BCUT2D eigenvalue weighted by Crippen LogP contribution is 2.39. The number of nitrogens with two attached hydrogens (primary N) is 2. The standard InChI is InChI=1S/C23H28FN5O2/c1-23(2,3)19(20(31-4)21(26)30)22-28-17(14-7-5-8-15(24)11-14)13-29(22)12-16-9-6-10-18(25)27-16/h5-11,13,19-20H,12H2,1-4H3,(H2,25,27)(H2,26,30)/t19-,20?/m0/s1. The quantitative estimate of drug-likeness (QED) is 0.603. The van der Waals surface area contributed by atoms with E-state index >= 15 is 0 Å². The van der Waals surface area contributed by atoms with Crippen molar-refractivity contribution in [2.24, 2.45) is 11.1 Å². The lowest BCUT2D eigenvalue weighted by atomic mass is 9.76. The van der Waals surface area contributed by atoms with Crippen LogP contribution < -0.4 is 11.5 Å². The SMILES string of the molecule is COC(C(N)=O)[C@@H](c1nc(-c2cccc(F)c2)cn1Cc1cccc(N)n1)C(C)(C)C. The minimum absolute atomic E-state index is 0.356. The molecule has 8 heteroatoms. The summed E-state index contributed by atoms with van der Waals surface area (Å²) in [5, 5.41) is 0. The van der Waals surface area contributed by atoms with Crippen molar-refractivity contribution in [3.05, 3.63) is 66.0 Å². The van der Waals surface area contributed by atoms with Gasteiger partial charge < -0.3 is 20.8 Å². The summed E-state index contributed by atoms with van der Waals surface area (Å²) < 4.78 is 21.2. The molecule has 0 fully saturated rings. The van der Waals surface area contributed by atoms with Crippen molar-refractivity contribution in [1.29, 1.82) is 0 Å². The number of methoxy groups -OCH3 is 1. The second kappa shape index (κ2) is 8.85. The van der Waals surface area contributed by atoms with Crippen molar-refractivity contribution in [3.63, 3.8) is 0 Å². The summed E-state index contributed by atoms with van der Waals surface area (Å²) in [6, 6.07) is 11.6. The molecular weight excluding hydrogens is 397 g/mol. The number of primary amides is 1. The predicted molar refractivity (Wildman–Crippen MR) is 118 cm³/mol. The highest BCUT2D eigenvalue weighted by atomic mass is 19.1. The normalized spacial score (nSPS) is 13.7. The van der Waals surface area contributed by atoms with Crippen LogP contribution in [0.25, 0.3) is 11.3 Å². The van der Waals surface area contributed by atoms with Crippen LogP contribution in [-0.4, -0.2) is 33.7 Å². The number of amides is 1. The van der Waals surface area contributed by atoms with E-state index in [0.29, 0.717) is 29.4 Å². The highest BCUT2D eigenvalue weighted by molar-refractivity contribution is 5.80. The number of hydrogen-bond donors (Lipinski definition) is 2. The molecule has 3 aromatic rings. The van der Waals surface area contributed by atoms with Crippen LogP contribution in [0.1, 0.15) is 38.2 Å². The van der Waals surface area contributed by atoms with Crippen molar-refractivity contribution in [2.45, 2.75) is 39.3 Å². The Labute approximate surface area is 181 Å². The minimum Gasteiger partial charge on any atom is -0.384 e. The summed E-state index contributed by atoms with van der Waals surface area (Å²) >= 11 is 0. The number of rotatable bonds is 7. The first-order valence-electron chi connectivity index (χ1n) is 9.96.